The van der Waals surface area contributed by atoms with Crippen molar-refractivity contribution < 1.29 is 23.0 Å². The predicted molar refractivity (Wildman–Crippen MR) is 71.6 cm³/mol. The van der Waals surface area contributed by atoms with Crippen LogP contribution in [0, 0.1) is 0 Å². The summed E-state index contributed by atoms with van der Waals surface area (Å²) in [4.78, 5) is 11.2. The molecule has 1 atom stereocenters. The van der Waals surface area contributed by atoms with E-state index in [-0.39, 0.29) is 24.1 Å². The molecule has 0 aliphatic carbocycles. The Labute approximate surface area is 121 Å². The molecule has 0 aromatic heterocycles. The van der Waals surface area contributed by atoms with E-state index in [2.05, 4.69) is 10.1 Å². The molecule has 0 bridgehead atoms. The van der Waals surface area contributed by atoms with Gasteiger partial charge in [0.05, 0.1) is 6.10 Å². The summed E-state index contributed by atoms with van der Waals surface area (Å²) >= 11 is 0. The standard InChI is InChI=1S/C13H15F2NO3.ClH/c1-8(2)19-10-6-4-3-5-9(10)11-13(14,15)7-18-12(17)16-11;/h3-6,8,11H,7H2,1-2H3,(H,16,17);1H/t11-;/m0./s1. The number of amides is 1. The van der Waals surface area contributed by atoms with Crippen LogP contribution in [-0.4, -0.2) is 24.7 Å². The molecule has 7 heteroatoms. The highest BCUT2D eigenvalue weighted by molar-refractivity contribution is 5.85. The minimum atomic E-state index is -3.18. The number of hydrogen-bond donors (Lipinski definition) is 1. The van der Waals surface area contributed by atoms with Gasteiger partial charge in [-0.05, 0) is 19.9 Å². The first kappa shape index (κ1) is 16.5. The highest BCUT2D eigenvalue weighted by Crippen LogP contribution is 2.38. The molecule has 1 heterocycles. The van der Waals surface area contributed by atoms with Crippen LogP contribution in [0.5, 0.6) is 5.75 Å². The van der Waals surface area contributed by atoms with Gasteiger partial charge in [0.1, 0.15) is 11.8 Å². The number of ether oxygens (including phenoxy) is 2. The number of alkyl carbamates (subject to hydrolysis) is 1. The maximum Gasteiger partial charge on any atom is 0.408 e. The van der Waals surface area contributed by atoms with E-state index in [1.165, 1.54) is 6.07 Å². The van der Waals surface area contributed by atoms with Gasteiger partial charge in [-0.15, -0.1) is 12.4 Å². The summed E-state index contributed by atoms with van der Waals surface area (Å²) in [7, 11) is 0. The second-order valence-corrected chi connectivity index (χ2v) is 4.62. The zero-order chi connectivity index (χ0) is 14.0. The van der Waals surface area contributed by atoms with Crippen molar-refractivity contribution in [1.29, 1.82) is 0 Å². The molecule has 2 rings (SSSR count). The molecule has 1 aromatic rings. The van der Waals surface area contributed by atoms with Crippen molar-refractivity contribution in [3.8, 4) is 5.75 Å². The summed E-state index contributed by atoms with van der Waals surface area (Å²) in [6.45, 7) is 2.68. The molecule has 1 aromatic carbocycles. The highest BCUT2D eigenvalue weighted by Gasteiger charge is 2.47. The number of rotatable bonds is 3. The lowest BCUT2D eigenvalue weighted by Crippen LogP contribution is -2.49. The molecular weight excluding hydrogens is 292 g/mol. The van der Waals surface area contributed by atoms with Gasteiger partial charge in [0.25, 0.3) is 0 Å². The minimum Gasteiger partial charge on any atom is -0.491 e. The van der Waals surface area contributed by atoms with Crippen molar-refractivity contribution in [3.05, 3.63) is 29.8 Å². The number of cyclic esters (lactones) is 1. The van der Waals surface area contributed by atoms with Crippen LogP contribution in [0.25, 0.3) is 0 Å². The summed E-state index contributed by atoms with van der Waals surface area (Å²) in [6, 6.07) is 5.00. The summed E-state index contributed by atoms with van der Waals surface area (Å²) in [6.07, 6.45) is -0.999. The second kappa shape index (κ2) is 6.26. The number of hydrogen-bond acceptors (Lipinski definition) is 3. The van der Waals surface area contributed by atoms with E-state index in [0.717, 1.165) is 0 Å². The molecule has 4 nitrogen and oxygen atoms in total. The van der Waals surface area contributed by atoms with Gasteiger partial charge in [0.15, 0.2) is 6.61 Å². The van der Waals surface area contributed by atoms with Gasteiger partial charge < -0.3 is 14.8 Å². The minimum absolute atomic E-state index is 0. The maximum absolute atomic E-state index is 13.9. The zero-order valence-corrected chi connectivity index (χ0v) is 11.9. The van der Waals surface area contributed by atoms with E-state index in [1.54, 1.807) is 32.0 Å². The quantitative estimate of drug-likeness (QED) is 0.932. The number of halogens is 3. The first-order valence-electron chi connectivity index (χ1n) is 5.97. The molecule has 0 unspecified atom stereocenters. The topological polar surface area (TPSA) is 47.6 Å². The highest BCUT2D eigenvalue weighted by atomic mass is 35.5. The van der Waals surface area contributed by atoms with Crippen LogP contribution in [-0.2, 0) is 4.74 Å². The smallest absolute Gasteiger partial charge is 0.408 e. The lowest BCUT2D eigenvalue weighted by Gasteiger charge is -2.32. The van der Waals surface area contributed by atoms with Gasteiger partial charge in [-0.25, -0.2) is 13.6 Å². The molecule has 1 aliphatic heterocycles. The van der Waals surface area contributed by atoms with Crippen LogP contribution in [0.15, 0.2) is 24.3 Å². The molecule has 0 saturated carbocycles. The maximum atomic E-state index is 13.9. The van der Waals surface area contributed by atoms with Crippen molar-refractivity contribution in [1.82, 2.24) is 5.32 Å². The Morgan fingerprint density at radius 3 is 2.70 bits per heavy atom. The van der Waals surface area contributed by atoms with E-state index >= 15 is 0 Å². The number of carbonyl (C=O) groups is 1. The van der Waals surface area contributed by atoms with Crippen LogP contribution in [0.2, 0.25) is 0 Å². The molecule has 1 fully saturated rings. The average Bonchev–Trinajstić information content (AvgIpc) is 2.33. The fourth-order valence-corrected chi connectivity index (χ4v) is 1.90. The monoisotopic (exact) mass is 307 g/mol. The Morgan fingerprint density at radius 1 is 1.40 bits per heavy atom. The Kier molecular flexibility index (Phi) is 5.16. The van der Waals surface area contributed by atoms with Crippen LogP contribution in [0.4, 0.5) is 13.6 Å². The summed E-state index contributed by atoms with van der Waals surface area (Å²) < 4.78 is 37.5. The number of nitrogens with one attached hydrogen (secondary N) is 1. The third-order valence-electron chi connectivity index (χ3n) is 2.67. The molecule has 1 saturated heterocycles. The van der Waals surface area contributed by atoms with Crippen molar-refractivity contribution in [2.45, 2.75) is 31.9 Å². The lowest BCUT2D eigenvalue weighted by molar-refractivity contribution is -0.104. The van der Waals surface area contributed by atoms with Gasteiger partial charge in [0.2, 0.25) is 0 Å². The third-order valence-corrected chi connectivity index (χ3v) is 2.67. The van der Waals surface area contributed by atoms with Crippen molar-refractivity contribution in [2.75, 3.05) is 6.61 Å². The SMILES string of the molecule is CC(C)Oc1ccccc1[C@@H]1NC(=O)OCC1(F)F.Cl. The zero-order valence-electron chi connectivity index (χ0n) is 11.1. The Balaban J connectivity index is 0.00000200. The fourth-order valence-electron chi connectivity index (χ4n) is 1.90. The number of alkyl halides is 2. The van der Waals surface area contributed by atoms with Crippen molar-refractivity contribution >= 4 is 18.5 Å². The molecule has 112 valence electrons. The Bertz CT molecular complexity index is 482. The summed E-state index contributed by atoms with van der Waals surface area (Å²) in [5, 5.41) is 2.15. The van der Waals surface area contributed by atoms with Crippen molar-refractivity contribution in [3.63, 3.8) is 0 Å². The molecule has 0 radical (unpaired) electrons. The number of benzene rings is 1. The van der Waals surface area contributed by atoms with Crippen LogP contribution < -0.4 is 10.1 Å². The van der Waals surface area contributed by atoms with Gasteiger partial charge in [-0.2, -0.15) is 0 Å². The molecular formula is C13H16ClF2NO3. The average molecular weight is 308 g/mol. The van der Waals surface area contributed by atoms with E-state index in [9.17, 15) is 13.6 Å². The second-order valence-electron chi connectivity index (χ2n) is 4.62. The lowest BCUT2D eigenvalue weighted by atomic mass is 9.99. The van der Waals surface area contributed by atoms with E-state index in [0.29, 0.717) is 5.75 Å². The van der Waals surface area contributed by atoms with Gasteiger partial charge in [-0.1, -0.05) is 18.2 Å². The first-order chi connectivity index (χ1) is 8.90. The molecule has 20 heavy (non-hydrogen) atoms. The predicted octanol–water partition coefficient (Wildman–Crippen LogP) is 3.31. The van der Waals surface area contributed by atoms with Gasteiger partial charge in [0, 0.05) is 5.56 Å². The van der Waals surface area contributed by atoms with Crippen LogP contribution in [0.1, 0.15) is 25.5 Å². The molecule has 1 aliphatic rings. The number of para-hydroxylation sites is 1. The first-order valence-corrected chi connectivity index (χ1v) is 5.97. The third kappa shape index (κ3) is 3.50. The summed E-state index contributed by atoms with van der Waals surface area (Å²) in [5.41, 5.74) is 0.248. The van der Waals surface area contributed by atoms with Crippen molar-refractivity contribution in [2.24, 2.45) is 0 Å². The largest absolute Gasteiger partial charge is 0.491 e. The Morgan fingerprint density at radius 2 is 2.05 bits per heavy atom. The van der Waals surface area contributed by atoms with Gasteiger partial charge in [-0.3, -0.25) is 0 Å². The molecule has 1 amide bonds. The van der Waals surface area contributed by atoms with Gasteiger partial charge >= 0.3 is 12.0 Å². The van der Waals surface area contributed by atoms with E-state index in [4.69, 9.17) is 4.74 Å². The van der Waals surface area contributed by atoms with E-state index < -0.39 is 24.7 Å². The van der Waals surface area contributed by atoms with E-state index in [1.807, 2.05) is 0 Å². The summed E-state index contributed by atoms with van der Waals surface area (Å²) in [5.74, 6) is -2.84. The number of carbonyl (C=O) groups excluding carboxylic acids is 1. The molecule has 1 N–H and O–H groups in total. The van der Waals surface area contributed by atoms with Crippen LogP contribution in [0.3, 0.4) is 0 Å². The Hall–Kier alpha value is -1.56. The van der Waals surface area contributed by atoms with Crippen LogP contribution >= 0.6 is 12.4 Å². The normalized spacial score (nSPS) is 20.6. The molecule has 0 spiro atoms. The fraction of sp³-hybridized carbons (Fsp3) is 0.462.